The van der Waals surface area contributed by atoms with Gasteiger partial charge in [0, 0.05) is 6.54 Å². The van der Waals surface area contributed by atoms with E-state index in [9.17, 15) is 4.79 Å². The van der Waals surface area contributed by atoms with Crippen LogP contribution in [0.3, 0.4) is 0 Å². The Morgan fingerprint density at radius 3 is 2.73 bits per heavy atom. The van der Waals surface area contributed by atoms with E-state index in [-0.39, 0.29) is 5.56 Å². The highest BCUT2D eigenvalue weighted by molar-refractivity contribution is 5.36. The highest BCUT2D eigenvalue weighted by Crippen LogP contribution is 2.11. The molecule has 1 rings (SSSR count). The first kappa shape index (κ1) is 11.8. The van der Waals surface area contributed by atoms with Gasteiger partial charge in [-0.2, -0.15) is 5.10 Å². The van der Waals surface area contributed by atoms with Crippen LogP contribution in [0.1, 0.15) is 45.2 Å². The summed E-state index contributed by atoms with van der Waals surface area (Å²) in [5, 5.41) is 4.29. The van der Waals surface area contributed by atoms with Gasteiger partial charge in [-0.1, -0.05) is 27.2 Å². The summed E-state index contributed by atoms with van der Waals surface area (Å²) in [7, 11) is 0. The molecule has 0 saturated carbocycles. The summed E-state index contributed by atoms with van der Waals surface area (Å²) in [6, 6.07) is 1.68. The van der Waals surface area contributed by atoms with Gasteiger partial charge in [0.1, 0.15) is 5.69 Å². The molecule has 0 aliphatic carbocycles. The lowest BCUT2D eigenvalue weighted by Gasteiger charge is -2.10. The van der Waals surface area contributed by atoms with Gasteiger partial charge >= 0.3 is 0 Å². The number of anilines is 1. The Balaban J connectivity index is 3.08. The highest BCUT2D eigenvalue weighted by atomic mass is 16.1. The van der Waals surface area contributed by atoms with E-state index in [1.807, 2.05) is 13.8 Å². The van der Waals surface area contributed by atoms with Gasteiger partial charge in [0.25, 0.3) is 5.56 Å². The van der Waals surface area contributed by atoms with Crippen LogP contribution in [0.2, 0.25) is 0 Å². The molecule has 4 nitrogen and oxygen atoms in total. The molecule has 0 saturated heterocycles. The van der Waals surface area contributed by atoms with Gasteiger partial charge in [-0.3, -0.25) is 4.79 Å². The Hall–Kier alpha value is -1.32. The topological polar surface area (TPSA) is 60.9 Å². The Labute approximate surface area is 90.1 Å². The van der Waals surface area contributed by atoms with Crippen LogP contribution in [-0.2, 0) is 6.54 Å². The summed E-state index contributed by atoms with van der Waals surface area (Å²) in [5.41, 5.74) is 6.66. The van der Waals surface area contributed by atoms with Crippen LogP contribution in [0.4, 0.5) is 5.69 Å². The Bertz CT molecular complexity index is 382. The fourth-order valence-electron chi connectivity index (χ4n) is 1.33. The van der Waals surface area contributed by atoms with E-state index >= 15 is 0 Å². The third-order valence-electron chi connectivity index (χ3n) is 2.34. The van der Waals surface area contributed by atoms with Gasteiger partial charge < -0.3 is 5.73 Å². The molecule has 15 heavy (non-hydrogen) atoms. The first-order valence-electron chi connectivity index (χ1n) is 5.43. The Morgan fingerprint density at radius 1 is 1.53 bits per heavy atom. The maximum Gasteiger partial charge on any atom is 0.289 e. The number of nitrogen functional groups attached to an aromatic ring is 1. The Kier molecular flexibility index (Phi) is 3.88. The van der Waals surface area contributed by atoms with Crippen LogP contribution in [0, 0.1) is 0 Å². The molecule has 0 aliphatic rings. The van der Waals surface area contributed by atoms with Gasteiger partial charge in [-0.15, -0.1) is 0 Å². The SMILES string of the molecule is CCCCn1nc(C(C)C)cc(N)c1=O. The normalized spacial score (nSPS) is 10.9. The minimum atomic E-state index is -0.173. The molecule has 0 bridgehead atoms. The zero-order valence-electron chi connectivity index (χ0n) is 9.66. The lowest BCUT2D eigenvalue weighted by Crippen LogP contribution is -2.26. The zero-order valence-corrected chi connectivity index (χ0v) is 9.66. The second kappa shape index (κ2) is 4.96. The summed E-state index contributed by atoms with van der Waals surface area (Å²) in [6.45, 7) is 6.81. The van der Waals surface area contributed by atoms with Crippen molar-refractivity contribution < 1.29 is 0 Å². The van der Waals surface area contributed by atoms with Crippen molar-refractivity contribution in [1.29, 1.82) is 0 Å². The number of aromatic nitrogens is 2. The number of rotatable bonds is 4. The monoisotopic (exact) mass is 209 g/mol. The number of hydrogen-bond donors (Lipinski definition) is 1. The van der Waals surface area contributed by atoms with Crippen molar-refractivity contribution in [1.82, 2.24) is 9.78 Å². The number of hydrogen-bond acceptors (Lipinski definition) is 3. The van der Waals surface area contributed by atoms with Crippen LogP contribution >= 0.6 is 0 Å². The molecular formula is C11H19N3O. The number of unbranched alkanes of at least 4 members (excludes halogenated alkanes) is 1. The number of nitrogens with two attached hydrogens (primary N) is 1. The molecule has 1 aromatic heterocycles. The van der Waals surface area contributed by atoms with Crippen molar-refractivity contribution in [3.8, 4) is 0 Å². The van der Waals surface area contributed by atoms with E-state index < -0.39 is 0 Å². The smallest absolute Gasteiger partial charge is 0.289 e. The molecule has 0 radical (unpaired) electrons. The largest absolute Gasteiger partial charge is 0.394 e. The summed E-state index contributed by atoms with van der Waals surface area (Å²) in [6.07, 6.45) is 1.99. The van der Waals surface area contributed by atoms with Crippen LogP contribution < -0.4 is 11.3 Å². The fourth-order valence-corrected chi connectivity index (χ4v) is 1.33. The molecule has 1 aromatic rings. The second-order valence-corrected chi connectivity index (χ2v) is 4.06. The molecule has 0 unspecified atom stereocenters. The predicted molar refractivity (Wildman–Crippen MR) is 61.9 cm³/mol. The molecule has 4 heteroatoms. The first-order chi connectivity index (χ1) is 7.06. The van der Waals surface area contributed by atoms with Gasteiger partial charge in [-0.05, 0) is 18.4 Å². The van der Waals surface area contributed by atoms with Gasteiger partial charge in [0.05, 0.1) is 5.69 Å². The van der Waals surface area contributed by atoms with E-state index in [0.29, 0.717) is 18.2 Å². The van der Waals surface area contributed by atoms with Crippen molar-refractivity contribution in [2.45, 2.75) is 46.1 Å². The van der Waals surface area contributed by atoms with E-state index in [1.165, 1.54) is 4.68 Å². The summed E-state index contributed by atoms with van der Waals surface area (Å²) >= 11 is 0. The van der Waals surface area contributed by atoms with Crippen LogP contribution in [-0.4, -0.2) is 9.78 Å². The Morgan fingerprint density at radius 2 is 2.20 bits per heavy atom. The first-order valence-corrected chi connectivity index (χ1v) is 5.43. The standard InChI is InChI=1S/C11H19N3O/c1-4-5-6-14-11(15)9(12)7-10(13-14)8(2)3/h7-8H,4-6,12H2,1-3H3. The van der Waals surface area contributed by atoms with Gasteiger partial charge in [0.2, 0.25) is 0 Å². The van der Waals surface area contributed by atoms with Crippen molar-refractivity contribution in [2.75, 3.05) is 5.73 Å². The molecule has 84 valence electrons. The summed E-state index contributed by atoms with van der Waals surface area (Å²) < 4.78 is 1.48. The van der Waals surface area contributed by atoms with E-state index in [1.54, 1.807) is 6.07 Å². The van der Waals surface area contributed by atoms with Crippen LogP contribution in [0.5, 0.6) is 0 Å². The number of nitrogens with zero attached hydrogens (tertiary/aromatic N) is 2. The van der Waals surface area contributed by atoms with Gasteiger partial charge in [0.15, 0.2) is 0 Å². The molecular weight excluding hydrogens is 190 g/mol. The van der Waals surface area contributed by atoms with E-state index in [0.717, 1.165) is 18.5 Å². The predicted octanol–water partition coefficient (Wildman–Crippen LogP) is 1.75. The minimum Gasteiger partial charge on any atom is -0.394 e. The lowest BCUT2D eigenvalue weighted by atomic mass is 10.1. The van der Waals surface area contributed by atoms with Crippen LogP contribution in [0.15, 0.2) is 10.9 Å². The molecule has 0 fully saturated rings. The van der Waals surface area contributed by atoms with E-state index in [4.69, 9.17) is 5.73 Å². The molecule has 0 aliphatic heterocycles. The molecule has 1 heterocycles. The fraction of sp³-hybridized carbons (Fsp3) is 0.636. The average Bonchev–Trinajstić information content (AvgIpc) is 2.19. The molecule has 0 amide bonds. The third kappa shape index (κ3) is 2.81. The summed E-state index contributed by atoms with van der Waals surface area (Å²) in [5.74, 6) is 0.292. The molecule has 2 N–H and O–H groups in total. The quantitative estimate of drug-likeness (QED) is 0.821. The van der Waals surface area contributed by atoms with Crippen molar-refractivity contribution >= 4 is 5.69 Å². The minimum absolute atomic E-state index is 0.173. The average molecular weight is 209 g/mol. The maximum atomic E-state index is 11.6. The maximum absolute atomic E-state index is 11.6. The summed E-state index contributed by atoms with van der Waals surface area (Å²) in [4.78, 5) is 11.6. The van der Waals surface area contributed by atoms with Crippen molar-refractivity contribution in [2.24, 2.45) is 0 Å². The zero-order chi connectivity index (χ0) is 11.4. The second-order valence-electron chi connectivity index (χ2n) is 4.06. The molecule has 0 spiro atoms. The van der Waals surface area contributed by atoms with Crippen molar-refractivity contribution in [3.63, 3.8) is 0 Å². The lowest BCUT2D eigenvalue weighted by molar-refractivity contribution is 0.528. The van der Waals surface area contributed by atoms with Crippen LogP contribution in [0.25, 0.3) is 0 Å². The van der Waals surface area contributed by atoms with Gasteiger partial charge in [-0.25, -0.2) is 4.68 Å². The molecule has 0 aromatic carbocycles. The highest BCUT2D eigenvalue weighted by Gasteiger charge is 2.07. The number of aryl methyl sites for hydroxylation is 1. The third-order valence-corrected chi connectivity index (χ3v) is 2.34. The van der Waals surface area contributed by atoms with E-state index in [2.05, 4.69) is 12.0 Å². The molecule has 0 atom stereocenters. The van der Waals surface area contributed by atoms with Crippen molar-refractivity contribution in [3.05, 3.63) is 22.1 Å².